The Morgan fingerprint density at radius 1 is 1.08 bits per heavy atom. The van der Waals surface area contributed by atoms with Crippen molar-refractivity contribution in [1.29, 1.82) is 0 Å². The summed E-state index contributed by atoms with van der Waals surface area (Å²) in [5.74, 6) is -1.75. The molecular weight excluding hydrogens is 345 g/mol. The number of benzene rings is 1. The lowest BCUT2D eigenvalue weighted by atomic mass is 10.00. The van der Waals surface area contributed by atoms with Gasteiger partial charge < -0.3 is 10.1 Å². The summed E-state index contributed by atoms with van der Waals surface area (Å²) in [6, 6.07) is 0.682. The molecule has 1 aromatic carbocycles. The van der Waals surface area contributed by atoms with Gasteiger partial charge in [0.2, 0.25) is 0 Å². The number of alkyl halides is 6. The number of ether oxygens (including phenoxy) is 1. The summed E-state index contributed by atoms with van der Waals surface area (Å²) < 4.78 is 93.2. The highest BCUT2D eigenvalue weighted by Crippen LogP contribution is 2.37. The standard InChI is InChI=1S/C14H15F7N2O/c15-11-2-1-9(24-14(19,20)21)7-10(11)12(8-13(16,17)18)23-5-3-22-4-6-23/h1-2,7,12,22H,3-6,8H2/t12-/m0/s1. The van der Waals surface area contributed by atoms with Crippen molar-refractivity contribution in [3.63, 3.8) is 0 Å². The smallest absolute Gasteiger partial charge is 0.406 e. The third kappa shape index (κ3) is 5.52. The number of hydrogen-bond donors (Lipinski definition) is 1. The van der Waals surface area contributed by atoms with Gasteiger partial charge in [0.25, 0.3) is 0 Å². The topological polar surface area (TPSA) is 24.5 Å². The summed E-state index contributed by atoms with van der Waals surface area (Å²) in [5.41, 5.74) is -0.462. The van der Waals surface area contributed by atoms with Gasteiger partial charge in [-0.05, 0) is 18.2 Å². The molecule has 3 nitrogen and oxygen atoms in total. The second-order valence-electron chi connectivity index (χ2n) is 5.35. The van der Waals surface area contributed by atoms with Crippen LogP contribution >= 0.6 is 0 Å². The van der Waals surface area contributed by atoms with Crippen LogP contribution in [-0.4, -0.2) is 43.6 Å². The maximum atomic E-state index is 14.0. The van der Waals surface area contributed by atoms with E-state index in [4.69, 9.17) is 0 Å². The van der Waals surface area contributed by atoms with Crippen molar-refractivity contribution < 1.29 is 35.5 Å². The Kier molecular flexibility index (Phi) is 5.59. The summed E-state index contributed by atoms with van der Waals surface area (Å²) in [5, 5.41) is 2.95. The van der Waals surface area contributed by atoms with Gasteiger partial charge in [0, 0.05) is 37.8 Å². The molecule has 10 heteroatoms. The zero-order valence-electron chi connectivity index (χ0n) is 12.3. The van der Waals surface area contributed by atoms with Crippen molar-refractivity contribution >= 4 is 0 Å². The zero-order valence-corrected chi connectivity index (χ0v) is 12.3. The zero-order chi connectivity index (χ0) is 18.0. The Morgan fingerprint density at radius 2 is 1.71 bits per heavy atom. The van der Waals surface area contributed by atoms with Gasteiger partial charge in [-0.15, -0.1) is 13.2 Å². The average molecular weight is 360 g/mol. The fourth-order valence-electron chi connectivity index (χ4n) is 2.62. The molecule has 1 aliphatic heterocycles. The minimum atomic E-state index is -5.01. The van der Waals surface area contributed by atoms with Crippen molar-refractivity contribution in [3.8, 4) is 5.75 Å². The van der Waals surface area contributed by atoms with Crippen LogP contribution in [0.1, 0.15) is 18.0 Å². The van der Waals surface area contributed by atoms with Crippen molar-refractivity contribution in [3.05, 3.63) is 29.6 Å². The van der Waals surface area contributed by atoms with Crippen LogP contribution in [0.3, 0.4) is 0 Å². The highest BCUT2D eigenvalue weighted by molar-refractivity contribution is 5.32. The number of rotatable bonds is 4. The lowest BCUT2D eigenvalue weighted by molar-refractivity contribution is -0.274. The minimum Gasteiger partial charge on any atom is -0.406 e. The SMILES string of the molecule is Fc1ccc(OC(F)(F)F)cc1[C@H](CC(F)(F)F)N1CCNCC1. The molecule has 1 saturated heterocycles. The highest BCUT2D eigenvalue weighted by atomic mass is 19.4. The van der Waals surface area contributed by atoms with Gasteiger partial charge in [-0.2, -0.15) is 13.2 Å². The molecule has 1 aromatic rings. The van der Waals surface area contributed by atoms with E-state index in [0.717, 1.165) is 6.07 Å². The summed E-state index contributed by atoms with van der Waals surface area (Å²) in [6.45, 7) is 1.28. The molecule has 0 saturated carbocycles. The lowest BCUT2D eigenvalue weighted by Gasteiger charge is -2.35. The summed E-state index contributed by atoms with van der Waals surface area (Å²) >= 11 is 0. The van der Waals surface area contributed by atoms with Crippen LogP contribution in [-0.2, 0) is 0 Å². The number of nitrogens with one attached hydrogen (secondary N) is 1. The molecule has 0 amide bonds. The number of hydrogen-bond acceptors (Lipinski definition) is 3. The molecule has 24 heavy (non-hydrogen) atoms. The molecule has 0 aliphatic carbocycles. The van der Waals surface area contributed by atoms with E-state index in [0.29, 0.717) is 25.2 Å². The van der Waals surface area contributed by atoms with Crippen molar-refractivity contribution in [2.45, 2.75) is 25.0 Å². The maximum Gasteiger partial charge on any atom is 0.573 e. The van der Waals surface area contributed by atoms with E-state index in [-0.39, 0.29) is 13.1 Å². The Labute approximate surface area is 133 Å². The molecule has 0 aromatic heterocycles. The number of nitrogens with zero attached hydrogens (tertiary/aromatic N) is 1. The first-order chi connectivity index (χ1) is 11.1. The normalized spacial score (nSPS) is 18.5. The quantitative estimate of drug-likeness (QED) is 0.830. The van der Waals surface area contributed by atoms with Gasteiger partial charge in [-0.25, -0.2) is 4.39 Å². The van der Waals surface area contributed by atoms with Crippen molar-refractivity contribution in [2.24, 2.45) is 0 Å². The summed E-state index contributed by atoms with van der Waals surface area (Å²) in [6.07, 6.45) is -11.0. The average Bonchev–Trinajstić information content (AvgIpc) is 2.45. The van der Waals surface area contributed by atoms with E-state index in [1.807, 2.05) is 0 Å². The second kappa shape index (κ2) is 7.14. The van der Waals surface area contributed by atoms with E-state index >= 15 is 0 Å². The first-order valence-corrected chi connectivity index (χ1v) is 7.12. The van der Waals surface area contributed by atoms with Crippen LogP contribution in [0.2, 0.25) is 0 Å². The first kappa shape index (κ1) is 18.8. The molecule has 1 aliphatic rings. The molecule has 0 spiro atoms. The third-order valence-corrected chi connectivity index (χ3v) is 3.58. The van der Waals surface area contributed by atoms with E-state index in [9.17, 15) is 30.7 Å². The molecule has 1 atom stereocenters. The van der Waals surface area contributed by atoms with Crippen LogP contribution in [0.4, 0.5) is 30.7 Å². The molecule has 2 rings (SSSR count). The maximum absolute atomic E-state index is 14.0. The lowest BCUT2D eigenvalue weighted by Crippen LogP contribution is -2.46. The van der Waals surface area contributed by atoms with Crippen LogP contribution in [0.25, 0.3) is 0 Å². The summed E-state index contributed by atoms with van der Waals surface area (Å²) in [4.78, 5) is 1.40. The van der Waals surface area contributed by atoms with Gasteiger partial charge in [0.05, 0.1) is 6.42 Å². The molecule has 136 valence electrons. The van der Waals surface area contributed by atoms with E-state index < -0.39 is 42.1 Å². The Bertz CT molecular complexity index is 553. The highest BCUT2D eigenvalue weighted by Gasteiger charge is 2.38. The Hall–Kier alpha value is -1.55. The van der Waals surface area contributed by atoms with Crippen LogP contribution in [0.15, 0.2) is 18.2 Å². The fraction of sp³-hybridized carbons (Fsp3) is 0.571. The van der Waals surface area contributed by atoms with Crippen LogP contribution in [0.5, 0.6) is 5.75 Å². The van der Waals surface area contributed by atoms with E-state index in [1.165, 1.54) is 4.90 Å². The molecule has 1 N–H and O–H groups in total. The second-order valence-corrected chi connectivity index (χ2v) is 5.35. The number of halogens is 7. The molecule has 1 fully saturated rings. The van der Waals surface area contributed by atoms with Gasteiger partial charge in [0.1, 0.15) is 11.6 Å². The fourth-order valence-corrected chi connectivity index (χ4v) is 2.62. The third-order valence-electron chi connectivity index (χ3n) is 3.58. The van der Waals surface area contributed by atoms with Gasteiger partial charge in [-0.1, -0.05) is 0 Å². The largest absolute Gasteiger partial charge is 0.573 e. The van der Waals surface area contributed by atoms with Crippen LogP contribution in [0, 0.1) is 5.82 Å². The van der Waals surface area contributed by atoms with Gasteiger partial charge in [-0.3, -0.25) is 4.90 Å². The monoisotopic (exact) mass is 360 g/mol. The van der Waals surface area contributed by atoms with Crippen molar-refractivity contribution in [1.82, 2.24) is 10.2 Å². The predicted molar refractivity (Wildman–Crippen MR) is 70.9 cm³/mol. The molecule has 0 unspecified atom stereocenters. The van der Waals surface area contributed by atoms with E-state index in [1.54, 1.807) is 0 Å². The molecule has 0 bridgehead atoms. The summed E-state index contributed by atoms with van der Waals surface area (Å²) in [7, 11) is 0. The van der Waals surface area contributed by atoms with Gasteiger partial charge >= 0.3 is 12.5 Å². The van der Waals surface area contributed by atoms with Crippen molar-refractivity contribution in [2.75, 3.05) is 26.2 Å². The van der Waals surface area contributed by atoms with Gasteiger partial charge in [0.15, 0.2) is 0 Å². The van der Waals surface area contributed by atoms with E-state index in [2.05, 4.69) is 10.1 Å². The Morgan fingerprint density at radius 3 is 2.25 bits per heavy atom. The minimum absolute atomic E-state index is 0.227. The van der Waals surface area contributed by atoms with Crippen LogP contribution < -0.4 is 10.1 Å². The number of piperazine rings is 1. The molecular formula is C14H15F7N2O. The molecule has 1 heterocycles. The first-order valence-electron chi connectivity index (χ1n) is 7.12. The Balaban J connectivity index is 2.34. The molecule has 0 radical (unpaired) electrons. The predicted octanol–water partition coefficient (Wildman–Crippen LogP) is 3.62.